The van der Waals surface area contributed by atoms with Crippen LogP contribution in [-0.4, -0.2) is 23.6 Å². The molecule has 0 aliphatic rings. The lowest BCUT2D eigenvalue weighted by molar-refractivity contribution is 0.539. The normalized spacial score (nSPS) is 12.0. The predicted octanol–water partition coefficient (Wildman–Crippen LogP) is 6.31. The Kier molecular flexibility index (Phi) is 6.75. The van der Waals surface area contributed by atoms with E-state index in [1.807, 2.05) is 13.0 Å². The second-order valence-corrected chi connectivity index (χ2v) is 11.6. The number of hydrogen-bond acceptors (Lipinski definition) is 3. The molecule has 2 aromatic heterocycles. The van der Waals surface area contributed by atoms with Gasteiger partial charge in [0, 0.05) is 23.2 Å². The van der Waals surface area contributed by atoms with E-state index in [0.29, 0.717) is 6.54 Å². The summed E-state index contributed by atoms with van der Waals surface area (Å²) in [5, 5.41) is 0. The molecule has 0 aliphatic heterocycles. The first-order valence-corrected chi connectivity index (χ1v) is 13.5. The Labute approximate surface area is 189 Å². The van der Waals surface area contributed by atoms with Gasteiger partial charge in [-0.1, -0.05) is 45.9 Å². The molecule has 0 unspecified atom stereocenters. The molecular weight excluding hydrogens is 398 g/mol. The number of fused-ring (bicyclic) bond motifs is 1. The highest BCUT2D eigenvalue weighted by Crippen LogP contribution is 2.36. The van der Waals surface area contributed by atoms with E-state index in [1.165, 1.54) is 22.3 Å². The zero-order chi connectivity index (χ0) is 22.9. The minimum absolute atomic E-state index is 0.0371. The van der Waals surface area contributed by atoms with Crippen molar-refractivity contribution >= 4 is 20.2 Å². The molecular formula is C26H36N3OSi. The third kappa shape index (κ3) is 4.77. The second-order valence-electron chi connectivity index (χ2n) is 9.55. The average Bonchev–Trinajstić information content (AvgIpc) is 3.01. The minimum atomic E-state index is -0.934. The van der Waals surface area contributed by atoms with Gasteiger partial charge in [-0.05, 0) is 56.0 Å². The number of allylic oxidation sites excluding steroid dienone is 1. The smallest absolute Gasteiger partial charge is 0.274 e. The van der Waals surface area contributed by atoms with E-state index in [2.05, 4.69) is 77.1 Å². The molecule has 0 fully saturated rings. The summed E-state index contributed by atoms with van der Waals surface area (Å²) in [6.07, 6.45) is 3.64. The summed E-state index contributed by atoms with van der Waals surface area (Å²) in [5.41, 5.74) is 7.96. The Morgan fingerprint density at radius 2 is 1.87 bits per heavy atom. The highest BCUT2D eigenvalue weighted by atomic mass is 28.3. The molecule has 3 rings (SSSR count). The van der Waals surface area contributed by atoms with Crippen LogP contribution in [0.1, 0.15) is 61.5 Å². The zero-order valence-electron chi connectivity index (χ0n) is 20.4. The van der Waals surface area contributed by atoms with Crippen molar-refractivity contribution in [3.05, 3.63) is 64.6 Å². The Bertz CT molecular complexity index is 1110. The van der Waals surface area contributed by atoms with Crippen LogP contribution in [0.5, 0.6) is 5.75 Å². The summed E-state index contributed by atoms with van der Waals surface area (Å²) >= 11 is 0. The molecule has 0 bridgehead atoms. The van der Waals surface area contributed by atoms with Crippen molar-refractivity contribution in [1.29, 1.82) is 0 Å². The molecule has 165 valence electrons. The van der Waals surface area contributed by atoms with Crippen molar-refractivity contribution in [3.8, 4) is 5.75 Å². The SMILES string of the molecule is C=CCc1c(C(C)(C)C)ccc(Cn2c(CC)nc3c(C)cc(C)nc32)c1O[Si](C)C. The maximum Gasteiger partial charge on any atom is 0.274 e. The molecule has 1 radical (unpaired) electrons. The number of nitrogens with zero attached hydrogens (tertiary/aromatic N) is 3. The van der Waals surface area contributed by atoms with Crippen LogP contribution in [0.15, 0.2) is 30.9 Å². The number of pyridine rings is 1. The van der Waals surface area contributed by atoms with Crippen molar-refractivity contribution < 1.29 is 4.43 Å². The molecule has 31 heavy (non-hydrogen) atoms. The number of rotatable bonds is 7. The Morgan fingerprint density at radius 3 is 2.45 bits per heavy atom. The third-order valence-electron chi connectivity index (χ3n) is 5.55. The maximum atomic E-state index is 6.55. The highest BCUT2D eigenvalue weighted by molar-refractivity contribution is 6.49. The summed E-state index contributed by atoms with van der Waals surface area (Å²) in [6, 6.07) is 6.62. The molecule has 0 amide bonds. The molecule has 1 aromatic carbocycles. The zero-order valence-corrected chi connectivity index (χ0v) is 21.4. The van der Waals surface area contributed by atoms with E-state index in [4.69, 9.17) is 14.4 Å². The fourth-order valence-electron chi connectivity index (χ4n) is 4.24. The van der Waals surface area contributed by atoms with Gasteiger partial charge in [0.1, 0.15) is 17.1 Å². The van der Waals surface area contributed by atoms with Crippen LogP contribution < -0.4 is 4.43 Å². The maximum absolute atomic E-state index is 6.55. The van der Waals surface area contributed by atoms with Gasteiger partial charge in [-0.2, -0.15) is 0 Å². The van der Waals surface area contributed by atoms with Gasteiger partial charge in [0.25, 0.3) is 9.04 Å². The van der Waals surface area contributed by atoms with Gasteiger partial charge >= 0.3 is 0 Å². The molecule has 2 heterocycles. The number of aromatic nitrogens is 3. The van der Waals surface area contributed by atoms with Gasteiger partial charge in [-0.15, -0.1) is 6.58 Å². The van der Waals surface area contributed by atoms with Crippen LogP contribution in [0.2, 0.25) is 13.1 Å². The predicted molar refractivity (Wildman–Crippen MR) is 133 cm³/mol. The molecule has 5 heteroatoms. The lowest BCUT2D eigenvalue weighted by Gasteiger charge is -2.27. The van der Waals surface area contributed by atoms with Crippen LogP contribution >= 0.6 is 0 Å². The molecule has 0 N–H and O–H groups in total. The Morgan fingerprint density at radius 1 is 1.16 bits per heavy atom. The summed E-state index contributed by atoms with van der Waals surface area (Å²) < 4.78 is 8.81. The van der Waals surface area contributed by atoms with Crippen LogP contribution in [-0.2, 0) is 24.8 Å². The average molecular weight is 435 g/mol. The lowest BCUT2D eigenvalue weighted by Crippen LogP contribution is -2.20. The number of benzene rings is 1. The number of aryl methyl sites for hydroxylation is 3. The largest absolute Gasteiger partial charge is 0.542 e. The number of hydrogen-bond donors (Lipinski definition) is 0. The standard InChI is InChI=1S/C26H36N3OSi/c1-10-12-20-21(26(5,6)7)14-13-19(24(20)30-31(8)9)16-29-22(11-2)28-23-17(3)15-18(4)27-25(23)29/h10,13-15H,1,11-12,16H2,2-9H3. The summed E-state index contributed by atoms with van der Waals surface area (Å²) in [4.78, 5) is 9.78. The fourth-order valence-corrected chi connectivity index (χ4v) is 4.90. The Balaban J connectivity index is 2.24. The van der Waals surface area contributed by atoms with Gasteiger partial charge in [-0.25, -0.2) is 9.97 Å². The third-order valence-corrected chi connectivity index (χ3v) is 6.16. The number of imidazole rings is 1. The summed E-state index contributed by atoms with van der Waals surface area (Å²) in [5.74, 6) is 2.09. The van der Waals surface area contributed by atoms with Gasteiger partial charge < -0.3 is 8.99 Å². The summed E-state index contributed by atoms with van der Waals surface area (Å²) in [7, 11) is -0.934. The first-order valence-electron chi connectivity index (χ1n) is 11.1. The van der Waals surface area contributed by atoms with Crippen molar-refractivity contribution in [1.82, 2.24) is 14.5 Å². The highest BCUT2D eigenvalue weighted by Gasteiger charge is 2.24. The van der Waals surface area contributed by atoms with E-state index in [1.54, 1.807) is 0 Å². The first-order chi connectivity index (χ1) is 14.6. The monoisotopic (exact) mass is 434 g/mol. The molecule has 0 saturated heterocycles. The Hall–Kier alpha value is -2.40. The van der Waals surface area contributed by atoms with Crippen molar-refractivity contribution in [2.24, 2.45) is 0 Å². The minimum Gasteiger partial charge on any atom is -0.542 e. The molecule has 0 spiro atoms. The topological polar surface area (TPSA) is 39.9 Å². The fraction of sp³-hybridized carbons (Fsp3) is 0.462. The quantitative estimate of drug-likeness (QED) is 0.323. The molecule has 0 saturated carbocycles. The van der Waals surface area contributed by atoms with E-state index < -0.39 is 9.04 Å². The van der Waals surface area contributed by atoms with Crippen LogP contribution in [0, 0.1) is 13.8 Å². The van der Waals surface area contributed by atoms with Crippen LogP contribution in [0.25, 0.3) is 11.2 Å². The summed E-state index contributed by atoms with van der Waals surface area (Å²) in [6.45, 7) is 22.2. The van der Waals surface area contributed by atoms with Crippen LogP contribution in [0.4, 0.5) is 0 Å². The van der Waals surface area contributed by atoms with E-state index >= 15 is 0 Å². The van der Waals surface area contributed by atoms with E-state index in [-0.39, 0.29) is 5.41 Å². The molecule has 0 aliphatic carbocycles. The van der Waals surface area contributed by atoms with Crippen molar-refractivity contribution in [2.75, 3.05) is 0 Å². The van der Waals surface area contributed by atoms with E-state index in [0.717, 1.165) is 41.3 Å². The van der Waals surface area contributed by atoms with Crippen molar-refractivity contribution in [3.63, 3.8) is 0 Å². The first kappa shape index (κ1) is 23.3. The molecule has 3 aromatic rings. The van der Waals surface area contributed by atoms with Crippen molar-refractivity contribution in [2.45, 2.75) is 79.4 Å². The van der Waals surface area contributed by atoms with Gasteiger partial charge in [0.2, 0.25) is 0 Å². The molecule has 4 nitrogen and oxygen atoms in total. The van der Waals surface area contributed by atoms with Gasteiger partial charge in [0.05, 0.1) is 6.54 Å². The van der Waals surface area contributed by atoms with E-state index in [9.17, 15) is 0 Å². The van der Waals surface area contributed by atoms with Gasteiger partial charge in [-0.3, -0.25) is 0 Å². The van der Waals surface area contributed by atoms with Gasteiger partial charge in [0.15, 0.2) is 5.65 Å². The van der Waals surface area contributed by atoms with Crippen LogP contribution in [0.3, 0.4) is 0 Å². The molecule has 0 atom stereocenters. The lowest BCUT2D eigenvalue weighted by atomic mass is 9.81. The second kappa shape index (κ2) is 8.99.